The first-order valence-corrected chi connectivity index (χ1v) is 24.0. The lowest BCUT2D eigenvalue weighted by molar-refractivity contribution is 1.26. The normalized spacial score (nSPS) is 8.48. The van der Waals surface area contributed by atoms with E-state index >= 15 is 0 Å². The maximum absolute atomic E-state index is 2.34. The molecule has 7 aromatic carbocycles. The number of benzene rings is 7. The molecule has 0 aliphatic carbocycles. The van der Waals surface area contributed by atoms with Gasteiger partial charge in [0.2, 0.25) is 0 Å². The molecule has 0 heterocycles. The lowest BCUT2D eigenvalue weighted by atomic mass is 10.0. The fourth-order valence-corrected chi connectivity index (χ4v) is 5.82. The van der Waals surface area contributed by atoms with Gasteiger partial charge in [-0.05, 0) is 71.8 Å². The molecule has 7 aromatic rings. The highest BCUT2D eigenvalue weighted by Crippen LogP contribution is 2.44. The van der Waals surface area contributed by atoms with Crippen LogP contribution in [0.5, 0.6) is 0 Å². The Morgan fingerprint density at radius 1 is 0.194 bits per heavy atom. The summed E-state index contributed by atoms with van der Waals surface area (Å²) in [6.07, 6.45) is 0. The Morgan fingerprint density at radius 2 is 0.387 bits per heavy atom. The van der Waals surface area contributed by atoms with Crippen LogP contribution in [-0.2, 0) is 0 Å². The van der Waals surface area contributed by atoms with E-state index in [4.69, 9.17) is 0 Å². The van der Waals surface area contributed by atoms with Crippen molar-refractivity contribution in [2.45, 2.75) is 125 Å². The van der Waals surface area contributed by atoms with E-state index in [9.17, 15) is 0 Å². The second-order valence-electron chi connectivity index (χ2n) is 10.6. The van der Waals surface area contributed by atoms with E-state index in [1.165, 1.54) is 22.3 Å². The van der Waals surface area contributed by atoms with E-state index < -0.39 is 0 Å². The van der Waals surface area contributed by atoms with Crippen molar-refractivity contribution >= 4 is 34.1 Å². The average Bonchev–Trinajstić information content (AvgIpc) is 3.41. The first-order valence-electron chi connectivity index (χ1n) is 24.0. The Balaban J connectivity index is -0.00000173. The third kappa shape index (κ3) is 18.8. The fraction of sp³-hybridized carbons (Fsp3) is 0.300. The SMILES string of the molecule is CC.CC.CC.CC.CC.CC.CC.CC.CC.c1ccc(-c2ccccc2N(c2ccccc2)c2ccc(N(c3ccccc3)c3ccccc3-c3ccccc3)cc2)cc1. The zero-order chi connectivity index (χ0) is 47.6. The minimum atomic E-state index is 1.09. The van der Waals surface area contributed by atoms with Gasteiger partial charge in [-0.25, -0.2) is 0 Å². The van der Waals surface area contributed by atoms with Gasteiger partial charge in [0.05, 0.1) is 11.4 Å². The summed E-state index contributed by atoms with van der Waals surface area (Å²) in [6, 6.07) is 68.6. The van der Waals surface area contributed by atoms with Crippen LogP contribution in [0.4, 0.5) is 34.1 Å². The van der Waals surface area contributed by atoms with Crippen molar-refractivity contribution in [1.29, 1.82) is 0 Å². The minimum absolute atomic E-state index is 1.09. The van der Waals surface area contributed by atoms with Crippen LogP contribution in [0.1, 0.15) is 125 Å². The van der Waals surface area contributed by atoms with Crippen molar-refractivity contribution in [3.8, 4) is 22.3 Å². The first-order chi connectivity index (χ1) is 30.9. The van der Waals surface area contributed by atoms with Gasteiger partial charge in [0.15, 0.2) is 0 Å². The predicted octanol–water partition coefficient (Wildman–Crippen LogP) is 21.2. The van der Waals surface area contributed by atoms with Crippen molar-refractivity contribution in [1.82, 2.24) is 0 Å². The van der Waals surface area contributed by atoms with E-state index in [1.807, 2.05) is 125 Å². The van der Waals surface area contributed by atoms with Gasteiger partial charge in [-0.15, -0.1) is 0 Å². The molecule has 0 bridgehead atoms. The Hall–Kier alpha value is -5.86. The molecule has 0 aliphatic heterocycles. The molecule has 0 saturated carbocycles. The van der Waals surface area contributed by atoms with Gasteiger partial charge < -0.3 is 9.80 Å². The van der Waals surface area contributed by atoms with Crippen LogP contribution in [0, 0.1) is 0 Å². The summed E-state index contributed by atoms with van der Waals surface area (Å²) in [4.78, 5) is 4.69. The molecule has 0 atom stereocenters. The van der Waals surface area contributed by atoms with Crippen LogP contribution in [-0.4, -0.2) is 0 Å². The summed E-state index contributed by atoms with van der Waals surface area (Å²) in [5, 5.41) is 0. The minimum Gasteiger partial charge on any atom is -0.310 e. The van der Waals surface area contributed by atoms with E-state index in [0.717, 1.165) is 34.1 Å². The van der Waals surface area contributed by atoms with Gasteiger partial charge in [-0.1, -0.05) is 258 Å². The van der Waals surface area contributed by atoms with Crippen molar-refractivity contribution in [2.24, 2.45) is 0 Å². The summed E-state index contributed by atoms with van der Waals surface area (Å²) >= 11 is 0. The number of nitrogens with zero attached hydrogens (tertiary/aromatic N) is 2. The Morgan fingerprint density at radius 3 is 0.645 bits per heavy atom. The molecule has 0 amide bonds. The van der Waals surface area contributed by atoms with Gasteiger partial charge in [0.25, 0.3) is 0 Å². The molecular formula is C60H86N2. The summed E-state index contributed by atoms with van der Waals surface area (Å²) < 4.78 is 0. The molecule has 0 N–H and O–H groups in total. The molecule has 2 nitrogen and oxygen atoms in total. The highest BCUT2D eigenvalue weighted by atomic mass is 15.2. The third-order valence-electron chi connectivity index (χ3n) is 7.85. The maximum atomic E-state index is 2.34. The molecule has 7 rings (SSSR count). The Labute approximate surface area is 383 Å². The lowest BCUT2D eigenvalue weighted by Gasteiger charge is -2.30. The standard InChI is InChI=1S/C42H32N2.9C2H6/c1-5-17-33(18-6-1)39-25-13-15-27-41(39)43(35-21-9-3-10-22-35)37-29-31-38(32-30-37)44(36-23-11-4-12-24-36)42-28-16-14-26-40(42)34-19-7-2-8-20-34;9*1-2/h1-32H;9*1-2H3. The van der Waals surface area contributed by atoms with Gasteiger partial charge >= 0.3 is 0 Å². The number of hydrogen-bond acceptors (Lipinski definition) is 2. The smallest absolute Gasteiger partial charge is 0.0540 e. The summed E-state index contributed by atoms with van der Waals surface area (Å²) in [5.41, 5.74) is 11.4. The molecule has 0 saturated heterocycles. The van der Waals surface area contributed by atoms with E-state index in [1.54, 1.807) is 0 Å². The molecule has 62 heavy (non-hydrogen) atoms. The largest absolute Gasteiger partial charge is 0.310 e. The van der Waals surface area contributed by atoms with E-state index in [0.29, 0.717) is 0 Å². The Kier molecular flexibility index (Phi) is 40.8. The molecule has 336 valence electrons. The van der Waals surface area contributed by atoms with Gasteiger partial charge in [-0.2, -0.15) is 0 Å². The molecule has 0 radical (unpaired) electrons. The zero-order valence-electron chi connectivity index (χ0n) is 42.4. The molecule has 2 heteroatoms. The van der Waals surface area contributed by atoms with Gasteiger partial charge in [0.1, 0.15) is 0 Å². The molecule has 0 aromatic heterocycles. The summed E-state index contributed by atoms with van der Waals surface area (Å²) in [7, 11) is 0. The lowest BCUT2D eigenvalue weighted by Crippen LogP contribution is -2.13. The van der Waals surface area contributed by atoms with Gasteiger partial charge in [0, 0.05) is 33.9 Å². The van der Waals surface area contributed by atoms with E-state index in [-0.39, 0.29) is 0 Å². The van der Waals surface area contributed by atoms with E-state index in [2.05, 4.69) is 204 Å². The quantitative estimate of drug-likeness (QED) is 0.150. The third-order valence-corrected chi connectivity index (χ3v) is 7.85. The van der Waals surface area contributed by atoms with Crippen molar-refractivity contribution in [3.05, 3.63) is 194 Å². The van der Waals surface area contributed by atoms with Crippen LogP contribution < -0.4 is 9.80 Å². The maximum Gasteiger partial charge on any atom is 0.0540 e. The molecule has 0 spiro atoms. The number of hydrogen-bond donors (Lipinski definition) is 0. The van der Waals surface area contributed by atoms with Crippen molar-refractivity contribution < 1.29 is 0 Å². The van der Waals surface area contributed by atoms with Crippen molar-refractivity contribution in [3.63, 3.8) is 0 Å². The van der Waals surface area contributed by atoms with Crippen LogP contribution in [0.2, 0.25) is 0 Å². The highest BCUT2D eigenvalue weighted by Gasteiger charge is 2.20. The van der Waals surface area contributed by atoms with Crippen LogP contribution in [0.25, 0.3) is 22.3 Å². The topological polar surface area (TPSA) is 6.48 Å². The number of anilines is 6. The Bertz CT molecular complexity index is 1790. The number of para-hydroxylation sites is 4. The highest BCUT2D eigenvalue weighted by molar-refractivity contribution is 5.90. The molecular weight excluding hydrogens is 749 g/mol. The predicted molar refractivity (Wildman–Crippen MR) is 289 cm³/mol. The average molecular weight is 835 g/mol. The van der Waals surface area contributed by atoms with Crippen LogP contribution in [0.3, 0.4) is 0 Å². The van der Waals surface area contributed by atoms with Gasteiger partial charge in [-0.3, -0.25) is 0 Å². The number of rotatable bonds is 8. The fourth-order valence-electron chi connectivity index (χ4n) is 5.82. The van der Waals surface area contributed by atoms with Crippen LogP contribution in [0.15, 0.2) is 194 Å². The van der Waals surface area contributed by atoms with Crippen LogP contribution >= 0.6 is 0 Å². The summed E-state index contributed by atoms with van der Waals surface area (Å²) in [6.45, 7) is 36.0. The second kappa shape index (κ2) is 41.9. The zero-order valence-corrected chi connectivity index (χ0v) is 42.4. The monoisotopic (exact) mass is 835 g/mol. The molecule has 0 aliphatic rings. The second-order valence-corrected chi connectivity index (χ2v) is 10.6. The summed E-state index contributed by atoms with van der Waals surface area (Å²) in [5.74, 6) is 0. The first kappa shape index (κ1) is 60.4. The molecule has 0 unspecified atom stereocenters. The molecule has 0 fully saturated rings. The van der Waals surface area contributed by atoms with Crippen molar-refractivity contribution in [2.75, 3.05) is 9.80 Å².